The standard InChI is InChI=1S/C15H21NO6S/c1-16(2)23(18,19)14-5-3-4-13(10-14)22-11-12(17)6-7-15-20-8-9-21-15/h3-5,10,15H,6-9,11H2,1-2H3. The number of benzene rings is 1. The first-order valence-electron chi connectivity index (χ1n) is 7.30. The van der Waals surface area contributed by atoms with Gasteiger partial charge < -0.3 is 14.2 Å². The van der Waals surface area contributed by atoms with Crippen molar-refractivity contribution in [3.05, 3.63) is 24.3 Å². The minimum Gasteiger partial charge on any atom is -0.486 e. The Balaban J connectivity index is 1.87. The smallest absolute Gasteiger partial charge is 0.242 e. The van der Waals surface area contributed by atoms with E-state index in [1.165, 1.54) is 26.2 Å². The maximum Gasteiger partial charge on any atom is 0.242 e. The van der Waals surface area contributed by atoms with Crippen LogP contribution in [-0.2, 0) is 24.3 Å². The molecule has 0 radical (unpaired) electrons. The highest BCUT2D eigenvalue weighted by atomic mass is 32.2. The fourth-order valence-corrected chi connectivity index (χ4v) is 2.96. The highest BCUT2D eigenvalue weighted by Crippen LogP contribution is 2.20. The largest absolute Gasteiger partial charge is 0.486 e. The number of hydrogen-bond acceptors (Lipinski definition) is 6. The summed E-state index contributed by atoms with van der Waals surface area (Å²) in [5.74, 6) is 0.250. The fourth-order valence-electron chi connectivity index (χ4n) is 2.02. The quantitative estimate of drug-likeness (QED) is 0.701. The van der Waals surface area contributed by atoms with E-state index in [-0.39, 0.29) is 23.6 Å². The lowest BCUT2D eigenvalue weighted by atomic mass is 10.2. The van der Waals surface area contributed by atoms with Crippen LogP contribution in [0.25, 0.3) is 0 Å². The summed E-state index contributed by atoms with van der Waals surface area (Å²) in [6, 6.07) is 6.09. The summed E-state index contributed by atoms with van der Waals surface area (Å²) >= 11 is 0. The summed E-state index contributed by atoms with van der Waals surface area (Å²) in [7, 11) is -0.608. The van der Waals surface area contributed by atoms with E-state index in [9.17, 15) is 13.2 Å². The van der Waals surface area contributed by atoms with Gasteiger partial charge in [-0.1, -0.05) is 6.07 Å². The number of Topliss-reactive ketones (excluding diaryl/α,β-unsaturated/α-hetero) is 1. The van der Waals surface area contributed by atoms with Gasteiger partial charge in [-0.15, -0.1) is 0 Å². The molecule has 1 saturated heterocycles. The third kappa shape index (κ3) is 5.00. The maximum absolute atomic E-state index is 12.0. The van der Waals surface area contributed by atoms with E-state index in [1.807, 2.05) is 0 Å². The molecular formula is C15H21NO6S. The molecule has 0 atom stereocenters. The third-order valence-corrected chi connectivity index (χ3v) is 5.14. The van der Waals surface area contributed by atoms with E-state index in [1.54, 1.807) is 12.1 Å². The van der Waals surface area contributed by atoms with Gasteiger partial charge in [0, 0.05) is 33.0 Å². The van der Waals surface area contributed by atoms with Crippen LogP contribution in [-0.4, -0.2) is 58.7 Å². The van der Waals surface area contributed by atoms with Crippen molar-refractivity contribution in [3.63, 3.8) is 0 Å². The van der Waals surface area contributed by atoms with Gasteiger partial charge in [-0.2, -0.15) is 0 Å². The fraction of sp³-hybridized carbons (Fsp3) is 0.533. The second-order valence-corrected chi connectivity index (χ2v) is 7.45. The Morgan fingerprint density at radius 3 is 2.65 bits per heavy atom. The number of sulfonamides is 1. The molecule has 0 unspecified atom stereocenters. The summed E-state index contributed by atoms with van der Waals surface area (Å²) in [5.41, 5.74) is 0. The lowest BCUT2D eigenvalue weighted by Gasteiger charge is -2.13. The third-order valence-electron chi connectivity index (χ3n) is 3.33. The van der Waals surface area contributed by atoms with Crippen LogP contribution in [0.4, 0.5) is 0 Å². The van der Waals surface area contributed by atoms with Crippen LogP contribution in [0.5, 0.6) is 5.75 Å². The summed E-state index contributed by atoms with van der Waals surface area (Å²) < 4.78 is 41.1. The van der Waals surface area contributed by atoms with E-state index in [4.69, 9.17) is 14.2 Å². The van der Waals surface area contributed by atoms with E-state index in [0.717, 1.165) is 4.31 Å². The molecule has 23 heavy (non-hydrogen) atoms. The second-order valence-electron chi connectivity index (χ2n) is 5.30. The molecule has 7 nitrogen and oxygen atoms in total. The number of ketones is 1. The van der Waals surface area contributed by atoms with E-state index < -0.39 is 10.0 Å². The molecule has 1 aliphatic heterocycles. The Morgan fingerprint density at radius 1 is 1.30 bits per heavy atom. The van der Waals surface area contributed by atoms with Crippen molar-refractivity contribution in [2.45, 2.75) is 24.0 Å². The average molecular weight is 343 g/mol. The van der Waals surface area contributed by atoms with Crippen LogP contribution in [0, 0.1) is 0 Å². The van der Waals surface area contributed by atoms with Crippen molar-refractivity contribution in [2.24, 2.45) is 0 Å². The average Bonchev–Trinajstić information content (AvgIpc) is 3.04. The molecule has 8 heteroatoms. The van der Waals surface area contributed by atoms with E-state index in [2.05, 4.69) is 0 Å². The number of carbonyl (C=O) groups is 1. The molecule has 1 aliphatic rings. The molecule has 0 amide bonds. The molecule has 0 aliphatic carbocycles. The van der Waals surface area contributed by atoms with Gasteiger partial charge in [0.25, 0.3) is 0 Å². The number of nitrogens with zero attached hydrogens (tertiary/aromatic N) is 1. The molecule has 0 saturated carbocycles. The van der Waals surface area contributed by atoms with Gasteiger partial charge in [0.15, 0.2) is 12.1 Å². The van der Waals surface area contributed by atoms with Crippen molar-refractivity contribution in [2.75, 3.05) is 33.9 Å². The highest BCUT2D eigenvalue weighted by molar-refractivity contribution is 7.89. The monoisotopic (exact) mass is 343 g/mol. The van der Waals surface area contributed by atoms with E-state index >= 15 is 0 Å². The maximum atomic E-state index is 12.0. The Hall–Kier alpha value is -1.48. The molecule has 0 bridgehead atoms. The molecule has 0 aromatic heterocycles. The number of carbonyl (C=O) groups excluding carboxylic acids is 1. The summed E-state index contributed by atoms with van der Waals surface area (Å²) in [4.78, 5) is 11.9. The molecular weight excluding hydrogens is 322 g/mol. The van der Waals surface area contributed by atoms with Crippen LogP contribution in [0.15, 0.2) is 29.2 Å². The number of rotatable bonds is 8. The predicted molar refractivity (Wildman–Crippen MR) is 82.7 cm³/mol. The summed E-state index contributed by atoms with van der Waals surface area (Å²) in [6.45, 7) is 1.00. The molecule has 1 aromatic carbocycles. The first-order valence-corrected chi connectivity index (χ1v) is 8.74. The Morgan fingerprint density at radius 2 is 2.00 bits per heavy atom. The lowest BCUT2D eigenvalue weighted by Crippen LogP contribution is -2.22. The van der Waals surface area contributed by atoms with Crippen molar-refractivity contribution in [3.8, 4) is 5.75 Å². The number of hydrogen-bond donors (Lipinski definition) is 0. The van der Waals surface area contributed by atoms with Gasteiger partial charge in [-0.25, -0.2) is 12.7 Å². The van der Waals surface area contributed by atoms with Crippen LogP contribution in [0.3, 0.4) is 0 Å². The number of ether oxygens (including phenoxy) is 3. The first kappa shape index (κ1) is 17.9. The van der Waals surface area contributed by atoms with Crippen molar-refractivity contribution in [1.82, 2.24) is 4.31 Å². The van der Waals surface area contributed by atoms with Gasteiger partial charge in [0.05, 0.1) is 18.1 Å². The van der Waals surface area contributed by atoms with Crippen molar-refractivity contribution >= 4 is 15.8 Å². The molecule has 0 spiro atoms. The minimum absolute atomic E-state index is 0.0926. The lowest BCUT2D eigenvalue weighted by molar-refractivity contribution is -0.123. The SMILES string of the molecule is CN(C)S(=O)(=O)c1cccc(OCC(=O)CCC2OCCO2)c1. The normalized spacial score (nSPS) is 16.0. The molecule has 0 N–H and O–H groups in total. The Bertz CT molecular complexity index is 637. The molecule has 128 valence electrons. The van der Waals surface area contributed by atoms with Crippen LogP contribution >= 0.6 is 0 Å². The Kier molecular flexibility index (Phi) is 6.11. The molecule has 1 heterocycles. The topological polar surface area (TPSA) is 82.1 Å². The Labute approximate surface area is 136 Å². The van der Waals surface area contributed by atoms with E-state index in [0.29, 0.717) is 31.8 Å². The summed E-state index contributed by atoms with van der Waals surface area (Å²) in [5, 5.41) is 0. The van der Waals surface area contributed by atoms with Crippen LogP contribution in [0.1, 0.15) is 12.8 Å². The zero-order chi connectivity index (χ0) is 16.9. The van der Waals surface area contributed by atoms with Gasteiger partial charge in [-0.3, -0.25) is 4.79 Å². The highest BCUT2D eigenvalue weighted by Gasteiger charge is 2.19. The van der Waals surface area contributed by atoms with Gasteiger partial charge in [-0.05, 0) is 12.1 Å². The van der Waals surface area contributed by atoms with Crippen LogP contribution in [0.2, 0.25) is 0 Å². The van der Waals surface area contributed by atoms with Crippen LogP contribution < -0.4 is 4.74 Å². The van der Waals surface area contributed by atoms with Gasteiger partial charge in [0.1, 0.15) is 12.4 Å². The summed E-state index contributed by atoms with van der Waals surface area (Å²) in [6.07, 6.45) is 0.477. The van der Waals surface area contributed by atoms with Gasteiger partial charge in [0.2, 0.25) is 10.0 Å². The molecule has 2 rings (SSSR count). The van der Waals surface area contributed by atoms with Gasteiger partial charge >= 0.3 is 0 Å². The van der Waals surface area contributed by atoms with Crippen molar-refractivity contribution in [1.29, 1.82) is 0 Å². The minimum atomic E-state index is -3.52. The first-order chi connectivity index (χ1) is 10.9. The second kappa shape index (κ2) is 7.87. The zero-order valence-electron chi connectivity index (χ0n) is 13.2. The predicted octanol–water partition coefficient (Wildman–Crippen LogP) is 1.04. The zero-order valence-corrected chi connectivity index (χ0v) is 14.0. The van der Waals surface area contributed by atoms with Crippen molar-refractivity contribution < 1.29 is 27.4 Å². The molecule has 1 aromatic rings. The molecule has 1 fully saturated rings.